The third kappa shape index (κ3) is 6.13. The van der Waals surface area contributed by atoms with Crippen LogP contribution in [0, 0.1) is 5.92 Å². The Hall–Kier alpha value is -1.88. The summed E-state index contributed by atoms with van der Waals surface area (Å²) in [5.74, 6) is -0.560. The molecule has 26 heavy (non-hydrogen) atoms. The number of hydrogen-bond acceptors (Lipinski definition) is 3. The Kier molecular flexibility index (Phi) is 7.64. The Morgan fingerprint density at radius 3 is 2.54 bits per heavy atom. The van der Waals surface area contributed by atoms with E-state index < -0.39 is 21.5 Å². The molecule has 1 atom stereocenters. The Labute approximate surface area is 156 Å². The summed E-state index contributed by atoms with van der Waals surface area (Å²) < 4.78 is 25.0. The highest BCUT2D eigenvalue weighted by Gasteiger charge is 2.19. The van der Waals surface area contributed by atoms with E-state index in [2.05, 4.69) is 19.2 Å². The van der Waals surface area contributed by atoms with Crippen LogP contribution in [0.1, 0.15) is 45.1 Å². The van der Waals surface area contributed by atoms with Crippen LogP contribution in [0.25, 0.3) is 10.8 Å². The van der Waals surface area contributed by atoms with Crippen LogP contribution >= 0.6 is 0 Å². The van der Waals surface area contributed by atoms with Gasteiger partial charge in [-0.05, 0) is 28.7 Å². The molecule has 1 amide bonds. The standard InChI is InChI=1S/C21H29NO3S/c1-3-5-9-17(4-2)14-22-21(23)16-26(24,25)15-19-12-8-11-18-10-6-7-13-20(18)19/h6-8,10-13,17H,3-5,9,14-16H2,1-2H3,(H,22,23)/t17-/m1/s1. The first-order chi connectivity index (χ1) is 12.4. The van der Waals surface area contributed by atoms with Gasteiger partial charge < -0.3 is 5.32 Å². The van der Waals surface area contributed by atoms with Crippen LogP contribution in [0.4, 0.5) is 0 Å². The predicted molar refractivity (Wildman–Crippen MR) is 108 cm³/mol. The number of fused-ring (bicyclic) bond motifs is 1. The van der Waals surface area contributed by atoms with Crippen molar-refractivity contribution in [3.05, 3.63) is 48.0 Å². The van der Waals surface area contributed by atoms with Crippen molar-refractivity contribution in [2.45, 2.75) is 45.3 Å². The van der Waals surface area contributed by atoms with Gasteiger partial charge in [-0.3, -0.25) is 4.79 Å². The fraction of sp³-hybridized carbons (Fsp3) is 0.476. The smallest absolute Gasteiger partial charge is 0.235 e. The maximum atomic E-state index is 12.5. The molecule has 0 bridgehead atoms. The first-order valence-electron chi connectivity index (χ1n) is 9.39. The van der Waals surface area contributed by atoms with Crippen molar-refractivity contribution < 1.29 is 13.2 Å². The highest BCUT2D eigenvalue weighted by molar-refractivity contribution is 7.91. The van der Waals surface area contributed by atoms with Crippen molar-refractivity contribution in [1.82, 2.24) is 5.32 Å². The monoisotopic (exact) mass is 375 g/mol. The van der Waals surface area contributed by atoms with E-state index in [9.17, 15) is 13.2 Å². The molecule has 0 radical (unpaired) electrons. The van der Waals surface area contributed by atoms with Gasteiger partial charge in [-0.2, -0.15) is 0 Å². The molecular formula is C21H29NO3S. The molecule has 0 saturated heterocycles. The van der Waals surface area contributed by atoms with E-state index in [0.29, 0.717) is 12.5 Å². The van der Waals surface area contributed by atoms with Crippen molar-refractivity contribution in [2.24, 2.45) is 5.92 Å². The molecule has 4 nitrogen and oxygen atoms in total. The molecule has 0 unspecified atom stereocenters. The van der Waals surface area contributed by atoms with Crippen molar-refractivity contribution in [3.63, 3.8) is 0 Å². The highest BCUT2D eigenvalue weighted by atomic mass is 32.2. The second kappa shape index (κ2) is 9.72. The van der Waals surface area contributed by atoms with E-state index >= 15 is 0 Å². The zero-order valence-corrected chi connectivity index (χ0v) is 16.5. The largest absolute Gasteiger partial charge is 0.355 e. The summed E-state index contributed by atoms with van der Waals surface area (Å²) in [7, 11) is -3.51. The minimum atomic E-state index is -3.51. The number of benzene rings is 2. The maximum absolute atomic E-state index is 12.5. The molecule has 0 aliphatic carbocycles. The molecule has 0 fully saturated rings. The van der Waals surface area contributed by atoms with Crippen LogP contribution in [-0.4, -0.2) is 26.6 Å². The van der Waals surface area contributed by atoms with Crippen LogP contribution in [0.2, 0.25) is 0 Å². The topological polar surface area (TPSA) is 63.2 Å². The van der Waals surface area contributed by atoms with Gasteiger partial charge in [0.1, 0.15) is 5.75 Å². The molecule has 0 spiro atoms. The molecular weight excluding hydrogens is 346 g/mol. The number of hydrogen-bond donors (Lipinski definition) is 1. The molecule has 0 aliphatic rings. The van der Waals surface area contributed by atoms with Crippen molar-refractivity contribution in [2.75, 3.05) is 12.3 Å². The summed E-state index contributed by atoms with van der Waals surface area (Å²) in [5.41, 5.74) is 0.741. The fourth-order valence-corrected chi connectivity index (χ4v) is 4.49. The van der Waals surface area contributed by atoms with Gasteiger partial charge in [0.25, 0.3) is 0 Å². The van der Waals surface area contributed by atoms with Gasteiger partial charge in [0, 0.05) is 6.54 Å². The van der Waals surface area contributed by atoms with E-state index in [1.165, 1.54) is 0 Å². The van der Waals surface area contributed by atoms with Gasteiger partial charge in [0.2, 0.25) is 5.91 Å². The number of carbonyl (C=O) groups is 1. The van der Waals surface area contributed by atoms with Crippen LogP contribution < -0.4 is 5.32 Å². The zero-order chi connectivity index (χ0) is 19.0. The van der Waals surface area contributed by atoms with E-state index in [4.69, 9.17) is 0 Å². The molecule has 5 heteroatoms. The number of nitrogens with one attached hydrogen (secondary N) is 1. The first kappa shape index (κ1) is 20.4. The lowest BCUT2D eigenvalue weighted by molar-refractivity contribution is -0.118. The second-order valence-corrected chi connectivity index (χ2v) is 8.96. The number of unbranched alkanes of at least 4 members (excludes halogenated alkanes) is 1. The first-order valence-corrected chi connectivity index (χ1v) is 11.2. The van der Waals surface area contributed by atoms with Gasteiger partial charge in [0.05, 0.1) is 5.75 Å². The van der Waals surface area contributed by atoms with Crippen LogP contribution in [-0.2, 0) is 20.4 Å². The normalized spacial score (nSPS) is 12.8. The quantitative estimate of drug-likeness (QED) is 0.680. The summed E-state index contributed by atoms with van der Waals surface area (Å²) in [4.78, 5) is 12.1. The molecule has 0 heterocycles. The Bertz CT molecular complexity index is 825. The van der Waals surface area contributed by atoms with Gasteiger partial charge >= 0.3 is 0 Å². The minimum absolute atomic E-state index is 0.116. The molecule has 0 aliphatic heterocycles. The zero-order valence-electron chi connectivity index (χ0n) is 15.7. The van der Waals surface area contributed by atoms with E-state index in [1.807, 2.05) is 42.5 Å². The van der Waals surface area contributed by atoms with Crippen LogP contribution in [0.15, 0.2) is 42.5 Å². The van der Waals surface area contributed by atoms with Crippen molar-refractivity contribution in [1.29, 1.82) is 0 Å². The maximum Gasteiger partial charge on any atom is 0.235 e. The molecule has 2 aromatic carbocycles. The number of carbonyl (C=O) groups excluding carboxylic acids is 1. The molecule has 1 N–H and O–H groups in total. The summed E-state index contributed by atoms with van der Waals surface area (Å²) in [6.07, 6.45) is 4.32. The summed E-state index contributed by atoms with van der Waals surface area (Å²) in [6, 6.07) is 13.3. The van der Waals surface area contributed by atoms with Gasteiger partial charge in [-0.25, -0.2) is 8.42 Å². The SMILES string of the molecule is CCCC[C@@H](CC)CNC(=O)CS(=O)(=O)Cc1cccc2ccccc12. The van der Waals surface area contributed by atoms with E-state index in [0.717, 1.165) is 42.0 Å². The van der Waals surface area contributed by atoms with Crippen molar-refractivity contribution >= 4 is 26.5 Å². The second-order valence-electron chi connectivity index (χ2n) is 6.89. The number of rotatable bonds is 10. The van der Waals surface area contributed by atoms with Gasteiger partial charge in [-0.1, -0.05) is 75.6 Å². The minimum Gasteiger partial charge on any atom is -0.355 e. The molecule has 2 rings (SSSR count). The number of amides is 1. The fourth-order valence-electron chi connectivity index (χ4n) is 3.16. The molecule has 0 saturated carbocycles. The average molecular weight is 376 g/mol. The Balaban J connectivity index is 1.96. The van der Waals surface area contributed by atoms with Crippen LogP contribution in [0.3, 0.4) is 0 Å². The summed E-state index contributed by atoms with van der Waals surface area (Å²) in [6.45, 7) is 4.80. The van der Waals surface area contributed by atoms with Gasteiger partial charge in [0.15, 0.2) is 9.84 Å². The van der Waals surface area contributed by atoms with Crippen LogP contribution in [0.5, 0.6) is 0 Å². The van der Waals surface area contributed by atoms with E-state index in [1.54, 1.807) is 0 Å². The number of sulfone groups is 1. The lowest BCUT2D eigenvalue weighted by atomic mass is 9.99. The molecule has 0 aromatic heterocycles. The molecule has 2 aromatic rings. The third-order valence-electron chi connectivity index (χ3n) is 4.74. The highest BCUT2D eigenvalue weighted by Crippen LogP contribution is 2.20. The predicted octanol–water partition coefficient (Wildman–Crippen LogP) is 4.09. The van der Waals surface area contributed by atoms with Crippen molar-refractivity contribution in [3.8, 4) is 0 Å². The summed E-state index contributed by atoms with van der Waals surface area (Å²) in [5, 5.41) is 4.73. The third-order valence-corrected chi connectivity index (χ3v) is 6.19. The van der Waals surface area contributed by atoms with E-state index in [-0.39, 0.29) is 5.75 Å². The lowest BCUT2D eigenvalue weighted by Gasteiger charge is -2.15. The Morgan fingerprint density at radius 1 is 1.08 bits per heavy atom. The summed E-state index contributed by atoms with van der Waals surface area (Å²) >= 11 is 0. The Morgan fingerprint density at radius 2 is 1.81 bits per heavy atom. The lowest BCUT2D eigenvalue weighted by Crippen LogP contribution is -2.34. The average Bonchev–Trinajstić information content (AvgIpc) is 2.61. The van der Waals surface area contributed by atoms with Gasteiger partial charge in [-0.15, -0.1) is 0 Å². The molecule has 142 valence electrons.